The maximum absolute atomic E-state index is 10.7. The lowest BCUT2D eigenvalue weighted by Crippen LogP contribution is -1.98. The van der Waals surface area contributed by atoms with Crippen molar-refractivity contribution in [1.29, 1.82) is 0 Å². The molecule has 0 aliphatic carbocycles. The summed E-state index contributed by atoms with van der Waals surface area (Å²) in [6.07, 6.45) is 3.04. The van der Waals surface area contributed by atoms with Gasteiger partial charge in [-0.2, -0.15) is 0 Å². The third-order valence-electron chi connectivity index (χ3n) is 2.06. The molecule has 1 aromatic carbocycles. The van der Waals surface area contributed by atoms with Crippen molar-refractivity contribution in [2.24, 2.45) is 0 Å². The minimum absolute atomic E-state index is 0.203. The normalized spacial score (nSPS) is 10.2. The summed E-state index contributed by atoms with van der Waals surface area (Å²) < 4.78 is 10.7. The zero-order valence-corrected chi connectivity index (χ0v) is 10.2. The summed E-state index contributed by atoms with van der Waals surface area (Å²) in [5.41, 5.74) is 1.01. The van der Waals surface area contributed by atoms with E-state index < -0.39 is 5.97 Å². The first-order valence-corrected chi connectivity index (χ1v) is 5.50. The van der Waals surface area contributed by atoms with E-state index in [-0.39, 0.29) is 5.56 Å². The van der Waals surface area contributed by atoms with Gasteiger partial charge in [-0.15, -0.1) is 0 Å². The Morgan fingerprint density at radius 2 is 2.35 bits per heavy atom. The van der Waals surface area contributed by atoms with Crippen molar-refractivity contribution in [3.05, 3.63) is 46.3 Å². The quantitative estimate of drug-likeness (QED) is 0.939. The first-order chi connectivity index (χ1) is 8.16. The molecule has 17 heavy (non-hydrogen) atoms. The van der Waals surface area contributed by atoms with Crippen molar-refractivity contribution >= 4 is 21.9 Å². The molecular weight excluding hydrogens is 290 g/mol. The number of benzene rings is 1. The third kappa shape index (κ3) is 2.85. The standard InChI is InChI=1S/C11H8BrNO4/c12-9-3-8(11(14)15)1-2-10(9)16-5-7-4-13-17-6-7/h1-4,6H,5H2,(H,14,15). The van der Waals surface area contributed by atoms with E-state index in [9.17, 15) is 4.79 Å². The first kappa shape index (κ1) is 11.7. The molecule has 88 valence electrons. The van der Waals surface area contributed by atoms with Gasteiger partial charge in [-0.25, -0.2) is 4.79 Å². The fourth-order valence-electron chi connectivity index (χ4n) is 1.21. The predicted octanol–water partition coefficient (Wildman–Crippen LogP) is 2.71. The van der Waals surface area contributed by atoms with Crippen LogP contribution in [-0.2, 0) is 6.61 Å². The Labute approximate surface area is 105 Å². The van der Waals surface area contributed by atoms with Crippen LogP contribution >= 0.6 is 15.9 Å². The number of rotatable bonds is 4. The fraction of sp³-hybridized carbons (Fsp3) is 0.0909. The number of hydrogen-bond donors (Lipinski definition) is 1. The predicted molar refractivity (Wildman–Crippen MR) is 61.9 cm³/mol. The minimum Gasteiger partial charge on any atom is -0.488 e. The topological polar surface area (TPSA) is 72.6 Å². The second-order valence-corrected chi connectivity index (χ2v) is 4.13. The minimum atomic E-state index is -0.976. The molecule has 0 aliphatic heterocycles. The van der Waals surface area contributed by atoms with Gasteiger partial charge in [-0.3, -0.25) is 0 Å². The molecule has 0 atom stereocenters. The highest BCUT2D eigenvalue weighted by molar-refractivity contribution is 9.10. The summed E-state index contributed by atoms with van der Waals surface area (Å²) in [5, 5.41) is 12.3. The van der Waals surface area contributed by atoms with Gasteiger partial charge in [0.25, 0.3) is 0 Å². The van der Waals surface area contributed by atoms with Gasteiger partial charge in [0.2, 0.25) is 0 Å². The van der Waals surface area contributed by atoms with Crippen molar-refractivity contribution in [2.75, 3.05) is 0 Å². The summed E-state index contributed by atoms with van der Waals surface area (Å²) in [6.45, 7) is 0.314. The number of ether oxygens (including phenoxy) is 1. The van der Waals surface area contributed by atoms with Crippen molar-refractivity contribution in [3.63, 3.8) is 0 Å². The smallest absolute Gasteiger partial charge is 0.335 e. The summed E-state index contributed by atoms with van der Waals surface area (Å²) >= 11 is 3.25. The molecule has 1 aromatic heterocycles. The van der Waals surface area contributed by atoms with Gasteiger partial charge in [-0.1, -0.05) is 5.16 Å². The van der Waals surface area contributed by atoms with E-state index >= 15 is 0 Å². The van der Waals surface area contributed by atoms with Crippen LogP contribution in [0.5, 0.6) is 5.75 Å². The fourth-order valence-corrected chi connectivity index (χ4v) is 1.70. The molecule has 5 nitrogen and oxygen atoms in total. The van der Waals surface area contributed by atoms with Gasteiger partial charge in [0.1, 0.15) is 18.6 Å². The van der Waals surface area contributed by atoms with Crippen LogP contribution in [0.25, 0.3) is 0 Å². The highest BCUT2D eigenvalue weighted by Crippen LogP contribution is 2.26. The Morgan fingerprint density at radius 1 is 1.53 bits per heavy atom. The number of aromatic nitrogens is 1. The average Bonchev–Trinajstić information content (AvgIpc) is 2.80. The second-order valence-electron chi connectivity index (χ2n) is 3.27. The van der Waals surface area contributed by atoms with E-state index in [1.165, 1.54) is 18.4 Å². The number of hydrogen-bond acceptors (Lipinski definition) is 4. The molecule has 2 aromatic rings. The van der Waals surface area contributed by atoms with E-state index in [1.807, 2.05) is 0 Å². The van der Waals surface area contributed by atoms with Crippen LogP contribution in [0.3, 0.4) is 0 Å². The lowest BCUT2D eigenvalue weighted by molar-refractivity contribution is 0.0696. The van der Waals surface area contributed by atoms with Crippen LogP contribution in [0.1, 0.15) is 15.9 Å². The maximum atomic E-state index is 10.7. The lowest BCUT2D eigenvalue weighted by atomic mass is 10.2. The number of halogens is 1. The molecule has 0 amide bonds. The van der Waals surface area contributed by atoms with Crippen molar-refractivity contribution < 1.29 is 19.2 Å². The van der Waals surface area contributed by atoms with E-state index in [1.54, 1.807) is 12.3 Å². The number of carbonyl (C=O) groups is 1. The molecule has 0 saturated carbocycles. The zero-order valence-electron chi connectivity index (χ0n) is 8.59. The second kappa shape index (κ2) is 5.01. The van der Waals surface area contributed by atoms with Gasteiger partial charge in [0, 0.05) is 5.56 Å². The Kier molecular flexibility index (Phi) is 3.43. The van der Waals surface area contributed by atoms with Crippen LogP contribution in [-0.4, -0.2) is 16.2 Å². The summed E-state index contributed by atoms with van der Waals surface area (Å²) in [4.78, 5) is 10.7. The summed E-state index contributed by atoms with van der Waals surface area (Å²) in [5.74, 6) is -0.410. The van der Waals surface area contributed by atoms with Gasteiger partial charge >= 0.3 is 5.97 Å². The van der Waals surface area contributed by atoms with E-state index in [4.69, 9.17) is 9.84 Å². The Balaban J connectivity index is 2.09. The van der Waals surface area contributed by atoms with E-state index in [0.717, 1.165) is 5.56 Å². The van der Waals surface area contributed by atoms with Gasteiger partial charge in [-0.05, 0) is 34.1 Å². The monoisotopic (exact) mass is 297 g/mol. The molecule has 1 heterocycles. The van der Waals surface area contributed by atoms with Crippen molar-refractivity contribution in [1.82, 2.24) is 5.16 Å². The molecule has 0 fully saturated rings. The highest BCUT2D eigenvalue weighted by Gasteiger charge is 2.08. The largest absolute Gasteiger partial charge is 0.488 e. The summed E-state index contributed by atoms with van der Waals surface area (Å²) in [6, 6.07) is 4.57. The van der Waals surface area contributed by atoms with Crippen molar-refractivity contribution in [3.8, 4) is 5.75 Å². The zero-order chi connectivity index (χ0) is 12.3. The first-order valence-electron chi connectivity index (χ1n) is 4.70. The highest BCUT2D eigenvalue weighted by atomic mass is 79.9. The van der Waals surface area contributed by atoms with Crippen LogP contribution in [0.2, 0.25) is 0 Å². The van der Waals surface area contributed by atoms with Crippen LogP contribution in [0, 0.1) is 0 Å². The lowest BCUT2D eigenvalue weighted by Gasteiger charge is -2.07. The van der Waals surface area contributed by atoms with Gasteiger partial charge in [0.05, 0.1) is 16.2 Å². The molecule has 6 heteroatoms. The third-order valence-corrected chi connectivity index (χ3v) is 2.68. The Hall–Kier alpha value is -1.82. The SMILES string of the molecule is O=C(O)c1ccc(OCc2cnoc2)c(Br)c1. The van der Waals surface area contributed by atoms with E-state index in [2.05, 4.69) is 25.6 Å². The number of nitrogens with zero attached hydrogens (tertiary/aromatic N) is 1. The Bertz CT molecular complexity index is 524. The maximum Gasteiger partial charge on any atom is 0.335 e. The molecule has 0 saturated heterocycles. The Morgan fingerprint density at radius 3 is 2.94 bits per heavy atom. The average molecular weight is 298 g/mol. The molecule has 0 spiro atoms. The van der Waals surface area contributed by atoms with Crippen LogP contribution < -0.4 is 4.74 Å². The number of carboxylic acids is 1. The molecule has 2 rings (SSSR count). The van der Waals surface area contributed by atoms with Crippen molar-refractivity contribution in [2.45, 2.75) is 6.61 Å². The number of aromatic carboxylic acids is 1. The number of carboxylic acid groups (broad SMARTS) is 1. The van der Waals surface area contributed by atoms with Gasteiger partial charge < -0.3 is 14.4 Å². The molecule has 0 radical (unpaired) electrons. The molecule has 0 aliphatic rings. The molecule has 0 unspecified atom stereocenters. The van der Waals surface area contributed by atoms with Gasteiger partial charge in [0.15, 0.2) is 0 Å². The molecule has 0 bridgehead atoms. The van der Waals surface area contributed by atoms with Crippen LogP contribution in [0.4, 0.5) is 0 Å². The van der Waals surface area contributed by atoms with Crippen LogP contribution in [0.15, 0.2) is 39.7 Å². The summed E-state index contributed by atoms with van der Waals surface area (Å²) in [7, 11) is 0. The molecule has 1 N–H and O–H groups in total. The van der Waals surface area contributed by atoms with E-state index in [0.29, 0.717) is 16.8 Å². The molecular formula is C11H8BrNO4.